The molecular formula is C17H17N3O3. The Morgan fingerprint density at radius 2 is 2.04 bits per heavy atom. The van der Waals surface area contributed by atoms with Crippen LogP contribution < -0.4 is 4.74 Å². The van der Waals surface area contributed by atoms with Crippen molar-refractivity contribution in [2.45, 2.75) is 13.5 Å². The maximum absolute atomic E-state index is 12.1. The van der Waals surface area contributed by atoms with Crippen molar-refractivity contribution in [2.24, 2.45) is 0 Å². The molecule has 1 aromatic carbocycles. The van der Waals surface area contributed by atoms with Gasteiger partial charge in [-0.05, 0) is 25.1 Å². The maximum Gasteiger partial charge on any atom is 0.359 e. The Kier molecular flexibility index (Phi) is 4.23. The van der Waals surface area contributed by atoms with E-state index in [2.05, 4.69) is 10.1 Å². The Labute approximate surface area is 133 Å². The van der Waals surface area contributed by atoms with Gasteiger partial charge >= 0.3 is 5.97 Å². The van der Waals surface area contributed by atoms with Crippen LogP contribution in [0, 0.1) is 0 Å². The average Bonchev–Trinajstić information content (AvgIpc) is 2.95. The first kappa shape index (κ1) is 15.0. The minimum absolute atomic E-state index is 0.282. The molecule has 0 saturated carbocycles. The monoisotopic (exact) mass is 311 g/mol. The molecular weight excluding hydrogens is 294 g/mol. The molecule has 118 valence electrons. The molecule has 2 heterocycles. The fraction of sp³-hybridized carbons (Fsp3) is 0.235. The number of fused-ring (bicyclic) bond motifs is 1. The van der Waals surface area contributed by atoms with Gasteiger partial charge in [0.05, 0.1) is 25.6 Å². The lowest BCUT2D eigenvalue weighted by Gasteiger charge is -2.08. The van der Waals surface area contributed by atoms with Gasteiger partial charge < -0.3 is 9.47 Å². The number of methoxy groups -OCH3 is 1. The summed E-state index contributed by atoms with van der Waals surface area (Å²) in [6.07, 6.45) is 1.68. The smallest absolute Gasteiger partial charge is 0.359 e. The van der Waals surface area contributed by atoms with Crippen LogP contribution in [0.5, 0.6) is 5.75 Å². The summed E-state index contributed by atoms with van der Waals surface area (Å²) in [5.41, 5.74) is 1.88. The molecule has 0 aliphatic rings. The highest BCUT2D eigenvalue weighted by Crippen LogP contribution is 2.22. The van der Waals surface area contributed by atoms with Crippen LogP contribution in [0.2, 0.25) is 0 Å². The number of pyridine rings is 1. The summed E-state index contributed by atoms with van der Waals surface area (Å²) in [6, 6.07) is 11.3. The van der Waals surface area contributed by atoms with Gasteiger partial charge in [0.1, 0.15) is 5.75 Å². The molecule has 3 rings (SSSR count). The Bertz CT molecular complexity index is 842. The van der Waals surface area contributed by atoms with Crippen molar-refractivity contribution < 1.29 is 14.3 Å². The van der Waals surface area contributed by atoms with Crippen LogP contribution in [0.3, 0.4) is 0 Å². The highest BCUT2D eigenvalue weighted by molar-refractivity contribution is 6.01. The van der Waals surface area contributed by atoms with Crippen LogP contribution in [0.4, 0.5) is 0 Å². The molecule has 6 nitrogen and oxygen atoms in total. The highest BCUT2D eigenvalue weighted by atomic mass is 16.5. The van der Waals surface area contributed by atoms with E-state index < -0.39 is 5.97 Å². The number of nitrogens with zero attached hydrogens (tertiary/aromatic N) is 3. The molecule has 0 saturated heterocycles. The number of hydrogen-bond donors (Lipinski definition) is 0. The molecule has 0 fully saturated rings. The number of ether oxygens (including phenoxy) is 2. The summed E-state index contributed by atoms with van der Waals surface area (Å²) in [5, 5.41) is 5.08. The topological polar surface area (TPSA) is 66.2 Å². The first-order valence-corrected chi connectivity index (χ1v) is 7.35. The van der Waals surface area contributed by atoms with Gasteiger partial charge in [-0.15, -0.1) is 0 Å². The van der Waals surface area contributed by atoms with E-state index in [0.29, 0.717) is 24.2 Å². The number of esters is 1. The molecule has 0 atom stereocenters. The van der Waals surface area contributed by atoms with Gasteiger partial charge in [0, 0.05) is 11.8 Å². The van der Waals surface area contributed by atoms with E-state index in [0.717, 1.165) is 11.3 Å². The van der Waals surface area contributed by atoms with Crippen molar-refractivity contribution in [3.05, 3.63) is 53.9 Å². The summed E-state index contributed by atoms with van der Waals surface area (Å²) in [6.45, 7) is 2.53. The van der Waals surface area contributed by atoms with E-state index in [1.165, 1.54) is 0 Å². The third-order valence-electron chi connectivity index (χ3n) is 3.49. The van der Waals surface area contributed by atoms with E-state index >= 15 is 0 Å². The lowest BCUT2D eigenvalue weighted by atomic mass is 10.2. The summed E-state index contributed by atoms with van der Waals surface area (Å²) in [7, 11) is 1.63. The summed E-state index contributed by atoms with van der Waals surface area (Å²) >= 11 is 0. The van der Waals surface area contributed by atoms with Gasteiger partial charge in [0.2, 0.25) is 0 Å². The van der Waals surface area contributed by atoms with Crippen LogP contribution in [0.25, 0.3) is 11.0 Å². The van der Waals surface area contributed by atoms with Crippen molar-refractivity contribution in [3.8, 4) is 5.75 Å². The molecule has 6 heteroatoms. The highest BCUT2D eigenvalue weighted by Gasteiger charge is 2.19. The van der Waals surface area contributed by atoms with Crippen LogP contribution in [0.15, 0.2) is 42.6 Å². The summed E-state index contributed by atoms with van der Waals surface area (Å²) < 4.78 is 12.1. The molecule has 0 N–H and O–H groups in total. The van der Waals surface area contributed by atoms with Crippen molar-refractivity contribution in [1.29, 1.82) is 0 Å². The van der Waals surface area contributed by atoms with Crippen molar-refractivity contribution in [1.82, 2.24) is 14.8 Å². The zero-order valence-corrected chi connectivity index (χ0v) is 13.0. The number of rotatable bonds is 5. The lowest BCUT2D eigenvalue weighted by Crippen LogP contribution is -2.08. The SMILES string of the molecule is CCOC(=O)c1nn(Cc2ccccc2OC)c2ncccc12. The molecule has 0 spiro atoms. The predicted octanol–water partition coefficient (Wildman–Crippen LogP) is 2.66. The van der Waals surface area contributed by atoms with Crippen molar-refractivity contribution in [3.63, 3.8) is 0 Å². The Balaban J connectivity index is 2.06. The molecule has 23 heavy (non-hydrogen) atoms. The number of hydrogen-bond acceptors (Lipinski definition) is 5. The minimum atomic E-state index is -0.440. The van der Waals surface area contributed by atoms with E-state index in [1.54, 1.807) is 31.0 Å². The molecule has 0 radical (unpaired) electrons. The standard InChI is InChI=1S/C17H17N3O3/c1-3-23-17(21)15-13-8-6-10-18-16(13)20(19-15)11-12-7-4-5-9-14(12)22-2/h4-10H,3,11H2,1-2H3. The normalized spacial score (nSPS) is 10.7. The van der Waals surface area contributed by atoms with Gasteiger partial charge in [0.15, 0.2) is 11.3 Å². The van der Waals surface area contributed by atoms with Crippen molar-refractivity contribution in [2.75, 3.05) is 13.7 Å². The van der Waals surface area contributed by atoms with Gasteiger partial charge in [0.25, 0.3) is 0 Å². The maximum atomic E-state index is 12.1. The minimum Gasteiger partial charge on any atom is -0.496 e. The number of para-hydroxylation sites is 1. The van der Waals surface area contributed by atoms with Gasteiger partial charge in [-0.3, -0.25) is 0 Å². The van der Waals surface area contributed by atoms with E-state index in [1.807, 2.05) is 30.3 Å². The predicted molar refractivity (Wildman–Crippen MR) is 85.6 cm³/mol. The number of aromatic nitrogens is 3. The molecule has 0 aliphatic carbocycles. The van der Waals surface area contributed by atoms with Gasteiger partial charge in [-0.2, -0.15) is 5.10 Å². The van der Waals surface area contributed by atoms with E-state index in [-0.39, 0.29) is 5.69 Å². The second kappa shape index (κ2) is 6.48. The third kappa shape index (κ3) is 2.88. The number of carbonyl (C=O) groups excluding carboxylic acids is 1. The first-order valence-electron chi connectivity index (χ1n) is 7.35. The molecule has 0 unspecified atom stereocenters. The quantitative estimate of drug-likeness (QED) is 0.678. The fourth-order valence-corrected chi connectivity index (χ4v) is 2.46. The summed E-state index contributed by atoms with van der Waals surface area (Å²) in [5.74, 6) is 0.328. The van der Waals surface area contributed by atoms with Crippen LogP contribution in [0.1, 0.15) is 23.0 Å². The van der Waals surface area contributed by atoms with E-state index in [4.69, 9.17) is 9.47 Å². The van der Waals surface area contributed by atoms with Crippen molar-refractivity contribution >= 4 is 17.0 Å². The first-order chi connectivity index (χ1) is 11.2. The number of benzene rings is 1. The largest absolute Gasteiger partial charge is 0.496 e. The third-order valence-corrected chi connectivity index (χ3v) is 3.49. The average molecular weight is 311 g/mol. The zero-order valence-electron chi connectivity index (χ0n) is 13.0. The summed E-state index contributed by atoms with van der Waals surface area (Å²) in [4.78, 5) is 16.4. The van der Waals surface area contributed by atoms with E-state index in [9.17, 15) is 4.79 Å². The van der Waals surface area contributed by atoms with Crippen LogP contribution >= 0.6 is 0 Å². The zero-order chi connectivity index (χ0) is 16.2. The lowest BCUT2D eigenvalue weighted by molar-refractivity contribution is 0.0520. The fourth-order valence-electron chi connectivity index (χ4n) is 2.46. The Hall–Kier alpha value is -2.89. The second-order valence-electron chi connectivity index (χ2n) is 4.91. The molecule has 0 bridgehead atoms. The van der Waals surface area contributed by atoms with Gasteiger partial charge in [-0.25, -0.2) is 14.5 Å². The molecule has 0 aliphatic heterocycles. The molecule has 3 aromatic rings. The second-order valence-corrected chi connectivity index (χ2v) is 4.91. The van der Waals surface area contributed by atoms with Gasteiger partial charge in [-0.1, -0.05) is 18.2 Å². The van der Waals surface area contributed by atoms with Crippen LogP contribution in [-0.2, 0) is 11.3 Å². The Morgan fingerprint density at radius 3 is 2.83 bits per heavy atom. The number of carbonyl (C=O) groups is 1. The van der Waals surface area contributed by atoms with Crippen LogP contribution in [-0.4, -0.2) is 34.5 Å². The molecule has 2 aromatic heterocycles. The molecule has 0 amide bonds. The Morgan fingerprint density at radius 1 is 1.22 bits per heavy atom.